The number of hydrogen-bond donors (Lipinski definition) is 3. The fourth-order valence-electron chi connectivity index (χ4n) is 2.58. The molecule has 2 rings (SSSR count). The molecular weight excluding hydrogens is 216 g/mol. The molecule has 1 amide bonds. The van der Waals surface area contributed by atoms with Crippen LogP contribution in [0.4, 0.5) is 0 Å². The van der Waals surface area contributed by atoms with Crippen LogP contribution in [0.3, 0.4) is 0 Å². The fourth-order valence-corrected chi connectivity index (χ4v) is 2.58. The standard InChI is InChI=1S/C12H24N4O/c1-16(2)12(4-3-5-12)9-15-11(17)10-8-13-6-7-14-10/h10,13-14H,3-9H2,1-2H3,(H,15,17). The van der Waals surface area contributed by atoms with E-state index < -0.39 is 0 Å². The normalized spacial score (nSPS) is 27.6. The maximum absolute atomic E-state index is 12.0. The van der Waals surface area contributed by atoms with Crippen molar-refractivity contribution in [1.29, 1.82) is 0 Å². The molecule has 1 unspecified atom stereocenters. The van der Waals surface area contributed by atoms with Gasteiger partial charge in [0.05, 0.1) is 6.04 Å². The highest BCUT2D eigenvalue weighted by atomic mass is 16.2. The first-order valence-electron chi connectivity index (χ1n) is 6.53. The summed E-state index contributed by atoms with van der Waals surface area (Å²) in [5.41, 5.74) is 0.206. The monoisotopic (exact) mass is 240 g/mol. The minimum Gasteiger partial charge on any atom is -0.353 e. The smallest absolute Gasteiger partial charge is 0.238 e. The molecule has 0 radical (unpaired) electrons. The Morgan fingerprint density at radius 2 is 2.18 bits per heavy atom. The number of nitrogens with zero attached hydrogens (tertiary/aromatic N) is 1. The van der Waals surface area contributed by atoms with E-state index in [0.717, 1.165) is 26.2 Å². The summed E-state index contributed by atoms with van der Waals surface area (Å²) in [6, 6.07) is -0.0666. The summed E-state index contributed by atoms with van der Waals surface area (Å²) in [5.74, 6) is 0.130. The van der Waals surface area contributed by atoms with Crippen LogP contribution in [0.2, 0.25) is 0 Å². The van der Waals surface area contributed by atoms with Gasteiger partial charge in [-0.25, -0.2) is 0 Å². The number of rotatable bonds is 4. The van der Waals surface area contributed by atoms with E-state index in [1.54, 1.807) is 0 Å². The molecule has 2 fully saturated rings. The lowest BCUT2D eigenvalue weighted by Gasteiger charge is -2.47. The van der Waals surface area contributed by atoms with E-state index in [4.69, 9.17) is 0 Å². The topological polar surface area (TPSA) is 56.4 Å². The Balaban J connectivity index is 1.78. The third-order valence-corrected chi connectivity index (χ3v) is 4.18. The second kappa shape index (κ2) is 5.33. The minimum atomic E-state index is -0.0666. The second-order valence-electron chi connectivity index (χ2n) is 5.40. The number of piperazine rings is 1. The average Bonchev–Trinajstić information content (AvgIpc) is 2.28. The van der Waals surface area contributed by atoms with Gasteiger partial charge in [0.25, 0.3) is 0 Å². The van der Waals surface area contributed by atoms with E-state index in [1.807, 2.05) is 0 Å². The van der Waals surface area contributed by atoms with E-state index >= 15 is 0 Å². The zero-order valence-electron chi connectivity index (χ0n) is 10.9. The molecule has 98 valence electrons. The predicted molar refractivity (Wildman–Crippen MR) is 67.9 cm³/mol. The molecule has 0 aromatic carbocycles. The molecule has 0 spiro atoms. The van der Waals surface area contributed by atoms with Crippen LogP contribution in [0.5, 0.6) is 0 Å². The van der Waals surface area contributed by atoms with Crippen LogP contribution in [0.1, 0.15) is 19.3 Å². The largest absolute Gasteiger partial charge is 0.353 e. The third-order valence-electron chi connectivity index (χ3n) is 4.18. The van der Waals surface area contributed by atoms with Gasteiger partial charge in [0.2, 0.25) is 5.91 Å². The first-order valence-corrected chi connectivity index (χ1v) is 6.53. The van der Waals surface area contributed by atoms with Crippen LogP contribution in [0.25, 0.3) is 0 Å². The Kier molecular flexibility index (Phi) is 4.01. The second-order valence-corrected chi connectivity index (χ2v) is 5.40. The molecule has 1 aliphatic heterocycles. The number of hydrogen-bond acceptors (Lipinski definition) is 4. The quantitative estimate of drug-likeness (QED) is 0.599. The number of likely N-dealkylation sites (N-methyl/N-ethyl adjacent to an activating group) is 1. The molecule has 1 aliphatic carbocycles. The van der Waals surface area contributed by atoms with E-state index in [1.165, 1.54) is 19.3 Å². The highest BCUT2D eigenvalue weighted by molar-refractivity contribution is 5.82. The lowest BCUT2D eigenvalue weighted by molar-refractivity contribution is -0.124. The fraction of sp³-hybridized carbons (Fsp3) is 0.917. The van der Waals surface area contributed by atoms with Crippen molar-refractivity contribution in [2.45, 2.75) is 30.8 Å². The molecule has 1 atom stereocenters. The molecule has 5 nitrogen and oxygen atoms in total. The summed E-state index contributed by atoms with van der Waals surface area (Å²) in [6.45, 7) is 3.33. The molecule has 0 bridgehead atoms. The molecule has 1 saturated carbocycles. The van der Waals surface area contributed by atoms with Crippen LogP contribution >= 0.6 is 0 Å². The Labute approximate surface area is 103 Å². The van der Waals surface area contributed by atoms with Gasteiger partial charge in [-0.1, -0.05) is 0 Å². The van der Waals surface area contributed by atoms with Crippen molar-refractivity contribution in [1.82, 2.24) is 20.9 Å². The van der Waals surface area contributed by atoms with E-state index in [-0.39, 0.29) is 17.5 Å². The first kappa shape index (κ1) is 12.8. The van der Waals surface area contributed by atoms with Gasteiger partial charge >= 0.3 is 0 Å². The van der Waals surface area contributed by atoms with Crippen molar-refractivity contribution < 1.29 is 4.79 Å². The molecule has 1 heterocycles. The van der Waals surface area contributed by atoms with Crippen LogP contribution < -0.4 is 16.0 Å². The maximum Gasteiger partial charge on any atom is 0.238 e. The van der Waals surface area contributed by atoms with Gasteiger partial charge in [-0.15, -0.1) is 0 Å². The highest BCUT2D eigenvalue weighted by Crippen LogP contribution is 2.35. The lowest BCUT2D eigenvalue weighted by Crippen LogP contribution is -2.61. The van der Waals surface area contributed by atoms with Crippen LogP contribution in [0.15, 0.2) is 0 Å². The third kappa shape index (κ3) is 2.78. The number of amides is 1. The van der Waals surface area contributed by atoms with Crippen molar-refractivity contribution in [2.24, 2.45) is 0 Å². The Morgan fingerprint density at radius 3 is 2.65 bits per heavy atom. The van der Waals surface area contributed by atoms with E-state index in [9.17, 15) is 4.79 Å². The van der Waals surface area contributed by atoms with Crippen LogP contribution in [-0.4, -0.2) is 62.7 Å². The molecule has 0 aromatic heterocycles. The summed E-state index contributed by atoms with van der Waals surface area (Å²) >= 11 is 0. The van der Waals surface area contributed by atoms with Crippen molar-refractivity contribution in [2.75, 3.05) is 40.3 Å². The molecule has 17 heavy (non-hydrogen) atoms. The van der Waals surface area contributed by atoms with Gasteiger partial charge in [-0.2, -0.15) is 0 Å². The van der Waals surface area contributed by atoms with Gasteiger partial charge in [0.1, 0.15) is 0 Å². The molecular formula is C12H24N4O. The van der Waals surface area contributed by atoms with Crippen molar-refractivity contribution in [3.05, 3.63) is 0 Å². The van der Waals surface area contributed by atoms with Gasteiger partial charge in [-0.3, -0.25) is 4.79 Å². The number of carbonyl (C=O) groups is 1. The molecule has 5 heteroatoms. The Morgan fingerprint density at radius 1 is 1.41 bits per heavy atom. The maximum atomic E-state index is 12.0. The average molecular weight is 240 g/mol. The SMILES string of the molecule is CN(C)C1(CNC(=O)C2CNCCN2)CCC1. The minimum absolute atomic E-state index is 0.0666. The number of carbonyl (C=O) groups excluding carboxylic acids is 1. The molecule has 1 saturated heterocycles. The number of nitrogens with one attached hydrogen (secondary N) is 3. The van der Waals surface area contributed by atoms with Crippen LogP contribution in [0, 0.1) is 0 Å². The highest BCUT2D eigenvalue weighted by Gasteiger charge is 2.39. The van der Waals surface area contributed by atoms with Gasteiger partial charge < -0.3 is 20.9 Å². The van der Waals surface area contributed by atoms with E-state index in [0.29, 0.717) is 0 Å². The summed E-state index contributed by atoms with van der Waals surface area (Å²) in [7, 11) is 4.21. The van der Waals surface area contributed by atoms with Crippen molar-refractivity contribution in [3.63, 3.8) is 0 Å². The summed E-state index contributed by atoms with van der Waals surface area (Å²) in [6.07, 6.45) is 3.66. The summed E-state index contributed by atoms with van der Waals surface area (Å²) in [5, 5.41) is 9.56. The zero-order chi connectivity index (χ0) is 12.3. The molecule has 3 N–H and O–H groups in total. The zero-order valence-corrected chi connectivity index (χ0v) is 10.9. The molecule has 0 aromatic rings. The molecule has 2 aliphatic rings. The Bertz CT molecular complexity index is 270. The summed E-state index contributed by atoms with van der Waals surface area (Å²) < 4.78 is 0. The van der Waals surface area contributed by atoms with Gasteiger partial charge in [0, 0.05) is 31.7 Å². The summed E-state index contributed by atoms with van der Waals surface area (Å²) in [4.78, 5) is 14.2. The van der Waals surface area contributed by atoms with Gasteiger partial charge in [-0.05, 0) is 33.4 Å². The van der Waals surface area contributed by atoms with E-state index in [2.05, 4.69) is 34.9 Å². The van der Waals surface area contributed by atoms with Crippen molar-refractivity contribution in [3.8, 4) is 0 Å². The Hall–Kier alpha value is -0.650. The van der Waals surface area contributed by atoms with Gasteiger partial charge in [0.15, 0.2) is 0 Å². The van der Waals surface area contributed by atoms with Crippen molar-refractivity contribution >= 4 is 5.91 Å². The first-order chi connectivity index (χ1) is 8.14. The predicted octanol–water partition coefficient (Wildman–Crippen LogP) is -0.852. The van der Waals surface area contributed by atoms with Crippen LogP contribution in [-0.2, 0) is 4.79 Å². The lowest BCUT2D eigenvalue weighted by atomic mass is 9.75.